The normalized spacial score (nSPS) is 12.5. The Balaban J connectivity index is -0.000000354. The highest BCUT2D eigenvalue weighted by molar-refractivity contribution is 6.76. The molecule has 0 N–H and O–H groups in total. The van der Waals surface area contributed by atoms with Crippen LogP contribution in [0.15, 0.2) is 111 Å². The Morgan fingerprint density at radius 3 is 0.964 bits per heavy atom. The fraction of sp³-hybridized carbons (Fsp3) is 0.690. The van der Waals surface area contributed by atoms with Gasteiger partial charge < -0.3 is 9.39 Å². The molecule has 0 aliphatic carbocycles. The van der Waals surface area contributed by atoms with Crippen LogP contribution in [0.5, 0.6) is 0 Å². The third-order valence-electron chi connectivity index (χ3n) is 20.5. The molecule has 0 bridgehead atoms. The molecular formula is C116H203N9O10Si2. The Labute approximate surface area is 841 Å². The number of aryl methyl sites for hydroxylation is 2. The average molecular weight is 1940 g/mol. The van der Waals surface area contributed by atoms with E-state index in [-0.39, 0.29) is 63.1 Å². The summed E-state index contributed by atoms with van der Waals surface area (Å²) >= 11 is 0. The SMILES string of the molecule is CC(=O)CC(C)=NCC[Si](C)(C)C.CC(=O)CC(C)=N[Si](C)(C)C.CC(=O)CC(C)=Nc1cc(C(C)(C)C)cc(C(C)(C)C)c1.CC(=O)CC(C)=Nc1cc(C)cc(C)c1.CC(=O)CC(C)=Nc1ccccc1.CCCCC(CC)CN=C(C)CC(C)=O.CCCCCCCCCCCCN=C(C)CC(C)=O.CCCCCCCCCCN=C(C)CC(C)=O.CCCN=C(CC)CC(=O)OCC. The molecule has 0 aromatic heterocycles. The molecule has 21 heteroatoms. The highest BCUT2D eigenvalue weighted by Gasteiger charge is 2.22. The second-order valence-electron chi connectivity index (χ2n) is 41.6. The summed E-state index contributed by atoms with van der Waals surface area (Å²) in [6.07, 6.45) is 35.3. The Kier molecular flexibility index (Phi) is 87.6. The number of carbonyl (C=O) groups excluding carboxylic acids is 9. The summed E-state index contributed by atoms with van der Waals surface area (Å²) in [5.41, 5.74) is 16.4. The number of rotatable bonds is 55. The Morgan fingerprint density at radius 1 is 0.328 bits per heavy atom. The molecule has 137 heavy (non-hydrogen) atoms. The molecule has 0 heterocycles. The second kappa shape index (κ2) is 85.9. The highest BCUT2D eigenvalue weighted by atomic mass is 28.3. The molecule has 0 aliphatic heterocycles. The van der Waals surface area contributed by atoms with Crippen molar-refractivity contribution in [1.82, 2.24) is 0 Å². The molecule has 3 aromatic carbocycles. The van der Waals surface area contributed by atoms with Crippen LogP contribution >= 0.6 is 0 Å². The summed E-state index contributed by atoms with van der Waals surface area (Å²) in [5.74, 6) is 2.02. The van der Waals surface area contributed by atoms with Crippen molar-refractivity contribution in [2.45, 2.75) is 483 Å². The van der Waals surface area contributed by atoms with Crippen LogP contribution in [0.25, 0.3) is 0 Å². The van der Waals surface area contributed by atoms with Crippen molar-refractivity contribution >= 4 is 137 Å². The molecule has 0 radical (unpaired) electrons. The van der Waals surface area contributed by atoms with E-state index in [1.807, 2.05) is 126 Å². The maximum atomic E-state index is 11.2. The number of hydrogen-bond donors (Lipinski definition) is 0. The number of ketones is 8. The number of nitrogens with zero attached hydrogens (tertiary/aromatic N) is 9. The molecule has 0 fully saturated rings. The van der Waals surface area contributed by atoms with E-state index < -0.39 is 16.3 Å². The first-order valence-corrected chi connectivity index (χ1v) is 59.1. The van der Waals surface area contributed by atoms with E-state index in [1.165, 1.54) is 170 Å². The van der Waals surface area contributed by atoms with E-state index in [4.69, 9.17) is 4.74 Å². The van der Waals surface area contributed by atoms with Gasteiger partial charge in [-0.1, -0.05) is 255 Å². The molecule has 0 amide bonds. The Morgan fingerprint density at radius 2 is 0.650 bits per heavy atom. The van der Waals surface area contributed by atoms with Crippen LogP contribution in [0.4, 0.5) is 17.1 Å². The zero-order chi connectivity index (χ0) is 106. The Bertz CT molecular complexity index is 4080. The van der Waals surface area contributed by atoms with Crippen molar-refractivity contribution in [1.29, 1.82) is 0 Å². The lowest BCUT2D eigenvalue weighted by Gasteiger charge is -2.25. The van der Waals surface area contributed by atoms with Crippen molar-refractivity contribution in [2.75, 3.05) is 39.3 Å². The molecule has 0 saturated carbocycles. The van der Waals surface area contributed by atoms with E-state index in [9.17, 15) is 43.2 Å². The lowest BCUT2D eigenvalue weighted by atomic mass is 9.80. The quantitative estimate of drug-likeness (QED) is 0.0223. The van der Waals surface area contributed by atoms with Gasteiger partial charge in [-0.3, -0.25) is 83.1 Å². The fourth-order valence-electron chi connectivity index (χ4n) is 13.7. The van der Waals surface area contributed by atoms with E-state index in [0.717, 1.165) is 114 Å². The first-order valence-electron chi connectivity index (χ1n) is 51.9. The number of carbonyl (C=O) groups is 9. The molecule has 780 valence electrons. The lowest BCUT2D eigenvalue weighted by Crippen LogP contribution is -2.20. The summed E-state index contributed by atoms with van der Waals surface area (Å²) in [6.45, 7) is 78.8. The number of benzene rings is 3. The van der Waals surface area contributed by atoms with Crippen LogP contribution in [-0.2, 0) is 58.7 Å². The van der Waals surface area contributed by atoms with E-state index >= 15 is 0 Å². The molecular weight excluding hydrogens is 1740 g/mol. The second-order valence-corrected chi connectivity index (χ2v) is 51.8. The van der Waals surface area contributed by atoms with Gasteiger partial charge in [0.15, 0.2) is 8.24 Å². The van der Waals surface area contributed by atoms with Gasteiger partial charge in [0.2, 0.25) is 0 Å². The van der Waals surface area contributed by atoms with Gasteiger partial charge in [0, 0.05) is 144 Å². The number of ether oxygens (including phenoxy) is 1. The molecule has 3 rings (SSSR count). The molecule has 1 unspecified atom stereocenters. The summed E-state index contributed by atoms with van der Waals surface area (Å²) < 4.78 is 9.32. The number of unbranched alkanes of at least 4 members (excludes halogenated alkanes) is 17. The minimum Gasteiger partial charge on any atom is -0.466 e. The van der Waals surface area contributed by atoms with Crippen LogP contribution in [0.1, 0.15) is 435 Å². The van der Waals surface area contributed by atoms with Gasteiger partial charge in [0.25, 0.3) is 0 Å². The minimum absolute atomic E-state index is 0.0833. The third kappa shape index (κ3) is 104. The maximum absolute atomic E-state index is 11.2. The number of para-hydroxylation sites is 1. The fourth-order valence-corrected chi connectivity index (χ4v) is 15.7. The predicted molar refractivity (Wildman–Crippen MR) is 605 cm³/mol. The molecule has 0 aliphatic rings. The Hall–Kier alpha value is -8.05. The maximum Gasteiger partial charge on any atom is 0.311 e. The van der Waals surface area contributed by atoms with Gasteiger partial charge in [0.05, 0.1) is 30.1 Å². The van der Waals surface area contributed by atoms with Gasteiger partial charge in [-0.15, -0.1) is 0 Å². The summed E-state index contributed by atoms with van der Waals surface area (Å²) in [5, 5.41) is 0. The average Bonchev–Trinajstić information content (AvgIpc) is 0.804. The van der Waals surface area contributed by atoms with E-state index in [2.05, 4.69) is 184 Å². The van der Waals surface area contributed by atoms with Crippen LogP contribution < -0.4 is 0 Å². The topological polar surface area (TPSA) is 274 Å². The van der Waals surface area contributed by atoms with Gasteiger partial charge in [-0.05, 0) is 265 Å². The van der Waals surface area contributed by atoms with Crippen molar-refractivity contribution < 1.29 is 47.9 Å². The smallest absolute Gasteiger partial charge is 0.311 e. The summed E-state index contributed by atoms with van der Waals surface area (Å²) in [7, 11) is -2.31. The van der Waals surface area contributed by atoms with Gasteiger partial charge in [-0.2, -0.15) is 0 Å². The standard InChI is InChI=1S/C19H29NO.C17H33NO.C15H29NO.C13H17NO.C13H25NO.C11H13NO.C10H19NO2.C10H21NOSi.C8H17NOSi/c1-13(9-14(2)21)20-17-11-15(18(3,4)5)10-16(12-17)19(6,7)8;1-4-5-6-7-8-9-10-11-12-13-14-18-16(2)15-17(3)19;1-4-5-6-7-8-9-10-11-12-16-14(2)13-15(3)17;1-9-5-10(2)7-13(6-9)14-11(3)8-12(4)15;1-5-7-8-13(6-2)10-14-11(3)9-12(4)15;1-9(8-10(2)13)12-11-6-4-3-5-7-11;1-4-7-11-9(5-2)8-10(12)13-6-3;1-9(8-10(2)12)11-6-7-13(3,4)5;1-7(6-8(2)10)9-11(3,4)5/h10-12H,9H2,1-8H3;4-15H2,1-3H3;4-13H2,1-3H3;5-7H,8H2,1-4H3;13H,5-10H2,1-4H3;3-7H,8H2,1-2H3;4-8H2,1-3H3;6-8H2,1-5H3;6H2,1-5H3. The third-order valence-corrected chi connectivity index (χ3v) is 23.2. The predicted octanol–water partition coefficient (Wildman–Crippen LogP) is 32.3. The van der Waals surface area contributed by atoms with Crippen molar-refractivity contribution in [2.24, 2.45) is 50.5 Å². The molecule has 3 aromatic rings. The molecule has 19 nitrogen and oxygen atoms in total. The molecule has 0 saturated heterocycles. The largest absolute Gasteiger partial charge is 0.466 e. The van der Waals surface area contributed by atoms with Gasteiger partial charge in [-0.25, -0.2) is 0 Å². The first-order chi connectivity index (χ1) is 63.8. The van der Waals surface area contributed by atoms with Crippen LogP contribution in [0, 0.1) is 19.8 Å². The van der Waals surface area contributed by atoms with Crippen LogP contribution in [0.2, 0.25) is 45.3 Å². The number of Topliss-reactive ketones (excluding diaryl/α,β-unsaturated/α-hetero) is 8. The monoisotopic (exact) mass is 1940 g/mol. The van der Waals surface area contributed by atoms with E-state index in [0.29, 0.717) is 70.3 Å². The lowest BCUT2D eigenvalue weighted by molar-refractivity contribution is -0.141. The summed E-state index contributed by atoms with van der Waals surface area (Å²) in [6, 6.07) is 23.6. The highest BCUT2D eigenvalue weighted by Crippen LogP contribution is 2.34. The van der Waals surface area contributed by atoms with Crippen molar-refractivity contribution in [3.05, 3.63) is 89.0 Å². The minimum atomic E-state index is -1.35. The molecule has 1 atom stereocenters. The number of esters is 1. The number of aliphatic imine (C=N–C) groups is 8. The first kappa shape index (κ1) is 140. The summed E-state index contributed by atoms with van der Waals surface area (Å²) in [4.78, 5) is 133. The van der Waals surface area contributed by atoms with Gasteiger partial charge >= 0.3 is 5.97 Å². The van der Waals surface area contributed by atoms with Crippen LogP contribution in [-0.4, -0.2) is 159 Å². The van der Waals surface area contributed by atoms with Gasteiger partial charge in [0.1, 0.15) is 46.3 Å². The van der Waals surface area contributed by atoms with Crippen molar-refractivity contribution in [3.8, 4) is 0 Å². The number of hydrogen-bond acceptors (Lipinski definition) is 19. The zero-order valence-electron chi connectivity index (χ0n) is 94.8. The van der Waals surface area contributed by atoms with Crippen LogP contribution in [0.3, 0.4) is 0 Å². The van der Waals surface area contributed by atoms with E-state index in [1.54, 1.807) is 55.4 Å². The zero-order valence-corrected chi connectivity index (χ0v) is 96.8. The molecule has 0 spiro atoms. The van der Waals surface area contributed by atoms with Crippen molar-refractivity contribution in [3.63, 3.8) is 0 Å².